The van der Waals surface area contributed by atoms with E-state index in [1.165, 1.54) is 6.26 Å². The largest absolute Gasteiger partial charge is 0.459 e. The lowest BCUT2D eigenvalue weighted by Gasteiger charge is -2.33. The molecule has 1 heterocycles. The number of amides is 1. The van der Waals surface area contributed by atoms with Crippen molar-refractivity contribution in [2.24, 2.45) is 5.90 Å². The Hall–Kier alpha value is -1.33. The first-order valence-electron chi connectivity index (χ1n) is 5.88. The van der Waals surface area contributed by atoms with Gasteiger partial charge < -0.3 is 14.2 Å². The van der Waals surface area contributed by atoms with Crippen LogP contribution in [0.3, 0.4) is 0 Å². The molecule has 0 aliphatic heterocycles. The molecular formula is C12H18N2O3. The molecule has 0 radical (unpaired) electrons. The Morgan fingerprint density at radius 3 is 2.71 bits per heavy atom. The van der Waals surface area contributed by atoms with Gasteiger partial charge in [0, 0.05) is 13.1 Å². The Kier molecular flexibility index (Phi) is 3.81. The highest BCUT2D eigenvalue weighted by atomic mass is 16.6. The summed E-state index contributed by atoms with van der Waals surface area (Å²) in [5.41, 5.74) is 0. The van der Waals surface area contributed by atoms with Gasteiger partial charge in [-0.05, 0) is 37.8 Å². The number of carbonyl (C=O) groups excluding carboxylic acids is 1. The standard InChI is InChI=1S/C12H18N2O3/c1-14(12(15)11-3-2-8-16-11)9-4-6-10(17-13)7-5-9/h2-3,8-10H,4-7,13H2,1H3. The second-order valence-corrected chi connectivity index (χ2v) is 4.46. The van der Waals surface area contributed by atoms with Crippen LogP contribution in [0.4, 0.5) is 0 Å². The highest BCUT2D eigenvalue weighted by molar-refractivity contribution is 5.91. The molecule has 5 heteroatoms. The molecule has 0 aromatic carbocycles. The number of nitrogens with two attached hydrogens (primary N) is 1. The number of hydrogen-bond donors (Lipinski definition) is 1. The predicted molar refractivity (Wildman–Crippen MR) is 62.1 cm³/mol. The average molecular weight is 238 g/mol. The maximum absolute atomic E-state index is 12.0. The first-order chi connectivity index (χ1) is 8.22. The molecule has 1 aliphatic rings. The molecule has 1 amide bonds. The van der Waals surface area contributed by atoms with Gasteiger partial charge in [-0.2, -0.15) is 0 Å². The average Bonchev–Trinajstić information content (AvgIpc) is 2.91. The van der Waals surface area contributed by atoms with Crippen molar-refractivity contribution in [2.75, 3.05) is 7.05 Å². The smallest absolute Gasteiger partial charge is 0.289 e. The van der Waals surface area contributed by atoms with Crippen LogP contribution in [-0.4, -0.2) is 30.0 Å². The minimum Gasteiger partial charge on any atom is -0.459 e. The van der Waals surface area contributed by atoms with Gasteiger partial charge in [0.25, 0.3) is 5.91 Å². The van der Waals surface area contributed by atoms with E-state index in [0.717, 1.165) is 25.7 Å². The maximum Gasteiger partial charge on any atom is 0.289 e. The van der Waals surface area contributed by atoms with Crippen LogP contribution in [0, 0.1) is 0 Å². The molecule has 0 spiro atoms. The Balaban J connectivity index is 1.92. The number of furan rings is 1. The van der Waals surface area contributed by atoms with E-state index in [2.05, 4.69) is 0 Å². The van der Waals surface area contributed by atoms with Crippen molar-refractivity contribution in [3.63, 3.8) is 0 Å². The van der Waals surface area contributed by atoms with Gasteiger partial charge in [-0.1, -0.05) is 0 Å². The van der Waals surface area contributed by atoms with Gasteiger partial charge in [0.15, 0.2) is 5.76 Å². The van der Waals surface area contributed by atoms with Gasteiger partial charge in [-0.15, -0.1) is 0 Å². The first kappa shape index (κ1) is 12.1. The van der Waals surface area contributed by atoms with Gasteiger partial charge in [0.2, 0.25) is 0 Å². The summed E-state index contributed by atoms with van der Waals surface area (Å²) in [6, 6.07) is 3.66. The van der Waals surface area contributed by atoms with Crippen LogP contribution in [0.15, 0.2) is 22.8 Å². The lowest BCUT2D eigenvalue weighted by molar-refractivity contribution is 0.00944. The molecule has 0 bridgehead atoms. The molecule has 0 unspecified atom stereocenters. The van der Waals surface area contributed by atoms with E-state index >= 15 is 0 Å². The second-order valence-electron chi connectivity index (χ2n) is 4.46. The fourth-order valence-corrected chi connectivity index (χ4v) is 2.31. The van der Waals surface area contributed by atoms with E-state index < -0.39 is 0 Å². The van der Waals surface area contributed by atoms with Crippen LogP contribution in [0.25, 0.3) is 0 Å². The molecule has 1 aromatic heterocycles. The fourth-order valence-electron chi connectivity index (χ4n) is 2.31. The lowest BCUT2D eigenvalue weighted by atomic mass is 9.92. The topological polar surface area (TPSA) is 68.7 Å². The quantitative estimate of drug-likeness (QED) is 0.811. The Morgan fingerprint density at radius 1 is 1.47 bits per heavy atom. The third-order valence-corrected chi connectivity index (χ3v) is 3.44. The molecule has 0 saturated heterocycles. The molecule has 5 nitrogen and oxygen atoms in total. The monoisotopic (exact) mass is 238 g/mol. The predicted octanol–water partition coefficient (Wildman–Crippen LogP) is 1.55. The van der Waals surface area contributed by atoms with Gasteiger partial charge in [-0.3, -0.25) is 4.79 Å². The highest BCUT2D eigenvalue weighted by Crippen LogP contribution is 2.24. The zero-order chi connectivity index (χ0) is 12.3. The number of rotatable bonds is 3. The third kappa shape index (κ3) is 2.68. The first-order valence-corrected chi connectivity index (χ1v) is 5.88. The molecule has 1 saturated carbocycles. The van der Waals surface area contributed by atoms with Crippen LogP contribution in [-0.2, 0) is 4.84 Å². The van der Waals surface area contributed by atoms with E-state index in [1.54, 1.807) is 17.0 Å². The number of nitrogens with zero attached hydrogens (tertiary/aromatic N) is 1. The lowest BCUT2D eigenvalue weighted by Crippen LogP contribution is -2.41. The van der Waals surface area contributed by atoms with Gasteiger partial charge in [0.05, 0.1) is 12.4 Å². The molecule has 1 aliphatic carbocycles. The van der Waals surface area contributed by atoms with Crippen LogP contribution in [0.5, 0.6) is 0 Å². The van der Waals surface area contributed by atoms with E-state index in [-0.39, 0.29) is 18.1 Å². The van der Waals surface area contributed by atoms with Crippen molar-refractivity contribution in [2.45, 2.75) is 37.8 Å². The summed E-state index contributed by atoms with van der Waals surface area (Å²) < 4.78 is 5.11. The Morgan fingerprint density at radius 2 is 2.18 bits per heavy atom. The second kappa shape index (κ2) is 5.33. The summed E-state index contributed by atoms with van der Waals surface area (Å²) in [4.78, 5) is 18.6. The molecule has 2 N–H and O–H groups in total. The molecule has 17 heavy (non-hydrogen) atoms. The van der Waals surface area contributed by atoms with Crippen molar-refractivity contribution in [3.8, 4) is 0 Å². The summed E-state index contributed by atoms with van der Waals surface area (Å²) in [7, 11) is 1.82. The molecule has 0 atom stereocenters. The Labute approximate surface area is 100 Å². The number of hydrogen-bond acceptors (Lipinski definition) is 4. The van der Waals surface area contributed by atoms with E-state index in [9.17, 15) is 4.79 Å². The van der Waals surface area contributed by atoms with Gasteiger partial charge >= 0.3 is 0 Å². The molecule has 1 aromatic rings. The van der Waals surface area contributed by atoms with Crippen LogP contribution in [0.1, 0.15) is 36.2 Å². The minimum atomic E-state index is -0.0629. The summed E-state index contributed by atoms with van der Waals surface area (Å²) in [5, 5.41) is 0. The molecule has 94 valence electrons. The van der Waals surface area contributed by atoms with Crippen molar-refractivity contribution in [1.29, 1.82) is 0 Å². The third-order valence-electron chi connectivity index (χ3n) is 3.44. The summed E-state index contributed by atoms with van der Waals surface area (Å²) in [5.74, 6) is 5.50. The van der Waals surface area contributed by atoms with Crippen LogP contribution < -0.4 is 5.90 Å². The maximum atomic E-state index is 12.0. The van der Waals surface area contributed by atoms with Crippen molar-refractivity contribution in [3.05, 3.63) is 24.2 Å². The van der Waals surface area contributed by atoms with Crippen molar-refractivity contribution < 1.29 is 14.0 Å². The molecule has 2 rings (SSSR count). The summed E-state index contributed by atoms with van der Waals surface area (Å²) in [6.07, 6.45) is 5.29. The van der Waals surface area contributed by atoms with E-state index in [0.29, 0.717) is 5.76 Å². The Bertz CT molecular complexity index is 356. The molecular weight excluding hydrogens is 220 g/mol. The van der Waals surface area contributed by atoms with Crippen LogP contribution >= 0.6 is 0 Å². The normalized spacial score (nSPS) is 24.6. The van der Waals surface area contributed by atoms with E-state index in [4.69, 9.17) is 15.2 Å². The summed E-state index contributed by atoms with van der Waals surface area (Å²) in [6.45, 7) is 0. The zero-order valence-corrected chi connectivity index (χ0v) is 9.96. The van der Waals surface area contributed by atoms with E-state index in [1.807, 2.05) is 7.05 Å². The summed E-state index contributed by atoms with van der Waals surface area (Å²) >= 11 is 0. The SMILES string of the molecule is CN(C(=O)c1ccco1)C1CCC(ON)CC1. The van der Waals surface area contributed by atoms with Crippen molar-refractivity contribution >= 4 is 5.91 Å². The zero-order valence-electron chi connectivity index (χ0n) is 9.96. The van der Waals surface area contributed by atoms with Gasteiger partial charge in [-0.25, -0.2) is 5.90 Å². The number of carbonyl (C=O) groups is 1. The van der Waals surface area contributed by atoms with Gasteiger partial charge in [0.1, 0.15) is 0 Å². The minimum absolute atomic E-state index is 0.0629. The van der Waals surface area contributed by atoms with Crippen molar-refractivity contribution in [1.82, 2.24) is 4.90 Å². The fraction of sp³-hybridized carbons (Fsp3) is 0.583. The molecule has 1 fully saturated rings. The highest BCUT2D eigenvalue weighted by Gasteiger charge is 2.28. The van der Waals surface area contributed by atoms with Crippen LogP contribution in [0.2, 0.25) is 0 Å².